The summed E-state index contributed by atoms with van der Waals surface area (Å²) >= 11 is 0. The van der Waals surface area contributed by atoms with Crippen LogP contribution in [0, 0.1) is 22.0 Å². The number of likely N-dealkylation sites (tertiary alicyclic amines) is 1. The van der Waals surface area contributed by atoms with Gasteiger partial charge in [-0.25, -0.2) is 0 Å². The van der Waals surface area contributed by atoms with Crippen molar-refractivity contribution in [2.45, 2.75) is 26.8 Å². The Balaban J connectivity index is 1.93. The largest absolute Gasteiger partial charge is 0.502 e. The number of nitro benzene ring substituents is 1. The molecule has 1 aromatic rings. The summed E-state index contributed by atoms with van der Waals surface area (Å²) in [6, 6.07) is 3.96. The van der Waals surface area contributed by atoms with Crippen molar-refractivity contribution in [1.82, 2.24) is 10.2 Å². The number of phenols is 1. The molecule has 8 nitrogen and oxygen atoms in total. The fraction of sp³-hybridized carbons (Fsp3) is 0.500. The van der Waals surface area contributed by atoms with Gasteiger partial charge in [0.2, 0.25) is 11.8 Å². The monoisotopic (exact) mass is 335 g/mol. The van der Waals surface area contributed by atoms with E-state index in [4.69, 9.17) is 0 Å². The first-order valence-corrected chi connectivity index (χ1v) is 7.79. The maximum Gasteiger partial charge on any atom is 0.311 e. The first-order valence-electron chi connectivity index (χ1n) is 7.79. The number of nitro groups is 1. The lowest BCUT2D eigenvalue weighted by molar-refractivity contribution is -0.385. The highest BCUT2D eigenvalue weighted by Crippen LogP contribution is 2.26. The Bertz CT molecular complexity index is 659. The summed E-state index contributed by atoms with van der Waals surface area (Å²) in [5.41, 5.74) is 0.108. The number of hydrogen-bond acceptors (Lipinski definition) is 5. The van der Waals surface area contributed by atoms with Gasteiger partial charge < -0.3 is 15.3 Å². The van der Waals surface area contributed by atoms with Gasteiger partial charge in [-0.3, -0.25) is 19.7 Å². The highest BCUT2D eigenvalue weighted by atomic mass is 16.6. The van der Waals surface area contributed by atoms with Gasteiger partial charge in [-0.15, -0.1) is 0 Å². The van der Waals surface area contributed by atoms with Crippen LogP contribution in [0.15, 0.2) is 18.2 Å². The van der Waals surface area contributed by atoms with Gasteiger partial charge in [0, 0.05) is 32.1 Å². The third-order valence-corrected chi connectivity index (χ3v) is 3.87. The van der Waals surface area contributed by atoms with E-state index < -0.39 is 22.3 Å². The van der Waals surface area contributed by atoms with Crippen molar-refractivity contribution in [1.29, 1.82) is 0 Å². The van der Waals surface area contributed by atoms with Crippen molar-refractivity contribution in [2.75, 3.05) is 13.1 Å². The molecular weight excluding hydrogens is 314 g/mol. The quantitative estimate of drug-likeness (QED) is 0.603. The van der Waals surface area contributed by atoms with Crippen molar-refractivity contribution in [3.05, 3.63) is 33.9 Å². The Morgan fingerprint density at radius 2 is 2.21 bits per heavy atom. The van der Waals surface area contributed by atoms with Crippen LogP contribution < -0.4 is 5.32 Å². The van der Waals surface area contributed by atoms with Gasteiger partial charge in [0.25, 0.3) is 0 Å². The average molecular weight is 335 g/mol. The van der Waals surface area contributed by atoms with Crippen LogP contribution in [0.5, 0.6) is 5.75 Å². The number of amides is 2. The van der Waals surface area contributed by atoms with Crippen LogP contribution in [0.25, 0.3) is 0 Å². The third-order valence-electron chi connectivity index (χ3n) is 3.87. The molecule has 8 heteroatoms. The average Bonchev–Trinajstić information content (AvgIpc) is 2.86. The molecule has 2 amide bonds. The highest BCUT2D eigenvalue weighted by Gasteiger charge is 2.34. The van der Waals surface area contributed by atoms with Gasteiger partial charge in [0.1, 0.15) is 0 Å². The van der Waals surface area contributed by atoms with Gasteiger partial charge in [-0.1, -0.05) is 19.9 Å². The molecule has 1 heterocycles. The molecular formula is C16H21N3O5. The molecule has 0 bridgehead atoms. The zero-order chi connectivity index (χ0) is 17.9. The van der Waals surface area contributed by atoms with Crippen LogP contribution in [0.4, 0.5) is 5.69 Å². The molecule has 0 radical (unpaired) electrons. The minimum atomic E-state index is -0.680. The van der Waals surface area contributed by atoms with Crippen molar-refractivity contribution < 1.29 is 19.6 Å². The lowest BCUT2D eigenvalue weighted by Gasteiger charge is -2.18. The van der Waals surface area contributed by atoms with Crippen LogP contribution in [0.3, 0.4) is 0 Å². The van der Waals surface area contributed by atoms with Crippen molar-refractivity contribution >= 4 is 17.5 Å². The molecule has 130 valence electrons. The van der Waals surface area contributed by atoms with Gasteiger partial charge in [0.05, 0.1) is 10.8 Å². The Morgan fingerprint density at radius 3 is 2.83 bits per heavy atom. The molecule has 0 aliphatic carbocycles. The number of carbonyl (C=O) groups excluding carboxylic acids is 2. The van der Waals surface area contributed by atoms with E-state index in [2.05, 4.69) is 5.32 Å². The number of phenolic OH excluding ortho intramolecular Hbond substituents is 1. The number of nitrogens with one attached hydrogen (secondary N) is 1. The number of benzene rings is 1. The fourth-order valence-corrected chi connectivity index (χ4v) is 2.72. The van der Waals surface area contributed by atoms with E-state index >= 15 is 0 Å². The summed E-state index contributed by atoms with van der Waals surface area (Å²) in [7, 11) is 0. The molecule has 24 heavy (non-hydrogen) atoms. The molecule has 0 aromatic heterocycles. The molecule has 2 N–H and O–H groups in total. The normalized spacial score (nSPS) is 17.4. The number of nitrogens with zero attached hydrogens (tertiary/aromatic N) is 2. The summed E-state index contributed by atoms with van der Waals surface area (Å²) in [5.74, 6) is -0.744. The lowest BCUT2D eigenvalue weighted by atomic mass is 10.1. The molecule has 1 aliphatic rings. The summed E-state index contributed by atoms with van der Waals surface area (Å²) in [4.78, 5) is 35.9. The van der Waals surface area contributed by atoms with E-state index in [1.807, 2.05) is 13.8 Å². The predicted molar refractivity (Wildman–Crippen MR) is 86.1 cm³/mol. The number of carbonyl (C=O) groups is 2. The predicted octanol–water partition coefficient (Wildman–Crippen LogP) is 1.42. The van der Waals surface area contributed by atoms with E-state index in [-0.39, 0.29) is 24.8 Å². The minimum absolute atomic E-state index is 0.0240. The molecule has 0 saturated carbocycles. The van der Waals surface area contributed by atoms with E-state index in [1.54, 1.807) is 4.90 Å². The summed E-state index contributed by atoms with van der Waals surface area (Å²) in [5, 5.41) is 22.9. The maximum absolute atomic E-state index is 12.2. The highest BCUT2D eigenvalue weighted by molar-refractivity contribution is 5.89. The standard InChI is InChI=1S/C16H21N3O5/c1-10(2)8-18-9-12(6-15(18)21)16(22)17-7-11-3-4-14(20)13(5-11)19(23)24/h3-5,10,12,20H,6-9H2,1-2H3,(H,17,22). The summed E-state index contributed by atoms with van der Waals surface area (Å²) in [6.45, 7) is 5.16. The van der Waals surface area contributed by atoms with Crippen molar-refractivity contribution in [2.24, 2.45) is 11.8 Å². The first kappa shape index (κ1) is 17.7. The van der Waals surface area contributed by atoms with E-state index in [1.165, 1.54) is 18.2 Å². The second kappa shape index (κ2) is 7.29. The second-order valence-electron chi connectivity index (χ2n) is 6.39. The zero-order valence-electron chi connectivity index (χ0n) is 13.7. The van der Waals surface area contributed by atoms with E-state index in [0.717, 1.165) is 0 Å². The summed E-state index contributed by atoms with van der Waals surface area (Å²) in [6.07, 6.45) is 0.189. The van der Waals surface area contributed by atoms with Crippen molar-refractivity contribution in [3.8, 4) is 5.75 Å². The van der Waals surface area contributed by atoms with Gasteiger partial charge >= 0.3 is 5.69 Å². The number of rotatable bonds is 6. The van der Waals surface area contributed by atoms with Crippen LogP contribution in [0.1, 0.15) is 25.8 Å². The Morgan fingerprint density at radius 1 is 1.50 bits per heavy atom. The fourth-order valence-electron chi connectivity index (χ4n) is 2.72. The van der Waals surface area contributed by atoms with Gasteiger partial charge in [0.15, 0.2) is 5.75 Å². The minimum Gasteiger partial charge on any atom is -0.502 e. The third kappa shape index (κ3) is 4.21. The molecule has 0 spiro atoms. The topological polar surface area (TPSA) is 113 Å². The first-order chi connectivity index (χ1) is 11.3. The van der Waals surface area contributed by atoms with E-state index in [9.17, 15) is 24.8 Å². The number of hydrogen-bond donors (Lipinski definition) is 2. The van der Waals surface area contributed by atoms with Gasteiger partial charge in [-0.05, 0) is 17.5 Å². The molecule has 1 atom stereocenters. The Labute approximate surface area is 139 Å². The zero-order valence-corrected chi connectivity index (χ0v) is 13.7. The van der Waals surface area contributed by atoms with Crippen LogP contribution in [-0.2, 0) is 16.1 Å². The van der Waals surface area contributed by atoms with Crippen LogP contribution in [0.2, 0.25) is 0 Å². The molecule has 1 saturated heterocycles. The van der Waals surface area contributed by atoms with Gasteiger partial charge in [-0.2, -0.15) is 0 Å². The van der Waals surface area contributed by atoms with Crippen LogP contribution in [-0.4, -0.2) is 39.8 Å². The Hall–Kier alpha value is -2.64. The molecule has 1 aromatic carbocycles. The summed E-state index contributed by atoms with van der Waals surface area (Å²) < 4.78 is 0. The maximum atomic E-state index is 12.2. The smallest absolute Gasteiger partial charge is 0.311 e. The second-order valence-corrected chi connectivity index (χ2v) is 6.39. The number of aromatic hydroxyl groups is 1. The van der Waals surface area contributed by atoms with Crippen LogP contribution >= 0.6 is 0 Å². The molecule has 1 unspecified atom stereocenters. The molecule has 1 aliphatic heterocycles. The lowest BCUT2D eigenvalue weighted by Crippen LogP contribution is -2.33. The van der Waals surface area contributed by atoms with E-state index in [0.29, 0.717) is 24.6 Å². The SMILES string of the molecule is CC(C)CN1CC(C(=O)NCc2ccc(O)c([N+](=O)[O-])c2)CC1=O. The molecule has 2 rings (SSSR count). The van der Waals surface area contributed by atoms with Crippen molar-refractivity contribution in [3.63, 3.8) is 0 Å². The molecule has 1 fully saturated rings. The Kier molecular flexibility index (Phi) is 5.38.